The first-order valence-electron chi connectivity index (χ1n) is 5.60. The summed E-state index contributed by atoms with van der Waals surface area (Å²) in [6.45, 7) is 1.90. The van der Waals surface area contributed by atoms with Crippen LogP contribution in [-0.2, 0) is 4.79 Å². The number of nitrogens with one attached hydrogen (secondary N) is 1. The lowest BCUT2D eigenvalue weighted by atomic mass is 10.3. The minimum atomic E-state index is -0.0522. The zero-order valence-electron chi connectivity index (χ0n) is 10.3. The topological polar surface area (TPSA) is 54.9 Å². The smallest absolute Gasteiger partial charge is 0.234 e. The predicted molar refractivity (Wildman–Crippen MR) is 80.3 cm³/mol. The Labute approximate surface area is 124 Å². The first-order valence-corrected chi connectivity index (χ1v) is 7.38. The van der Waals surface area contributed by atoms with Crippen molar-refractivity contribution in [3.63, 3.8) is 0 Å². The molecule has 0 aliphatic carbocycles. The van der Waals surface area contributed by atoms with E-state index in [4.69, 9.17) is 0 Å². The molecule has 0 saturated heterocycles. The van der Waals surface area contributed by atoms with Crippen molar-refractivity contribution in [2.75, 3.05) is 11.1 Å². The normalized spacial score (nSPS) is 10.2. The van der Waals surface area contributed by atoms with Crippen LogP contribution in [0.25, 0.3) is 0 Å². The fourth-order valence-electron chi connectivity index (χ4n) is 1.38. The molecule has 0 fully saturated rings. The highest BCUT2D eigenvalue weighted by Crippen LogP contribution is 2.17. The van der Waals surface area contributed by atoms with Crippen molar-refractivity contribution in [2.24, 2.45) is 0 Å². The summed E-state index contributed by atoms with van der Waals surface area (Å²) in [4.78, 5) is 19.9. The van der Waals surface area contributed by atoms with Crippen LogP contribution in [0.3, 0.4) is 0 Å². The summed E-state index contributed by atoms with van der Waals surface area (Å²) in [5, 5.41) is 3.63. The van der Waals surface area contributed by atoms with Crippen LogP contribution in [0.5, 0.6) is 0 Å². The number of anilines is 1. The van der Waals surface area contributed by atoms with E-state index >= 15 is 0 Å². The average molecular weight is 338 g/mol. The fourth-order valence-corrected chi connectivity index (χ4v) is 2.37. The molecule has 0 unspecified atom stereocenters. The van der Waals surface area contributed by atoms with Crippen molar-refractivity contribution in [2.45, 2.75) is 11.9 Å². The summed E-state index contributed by atoms with van der Waals surface area (Å²) < 4.78 is 0.983. The highest BCUT2D eigenvalue weighted by atomic mass is 79.9. The third-order valence-electron chi connectivity index (χ3n) is 2.26. The largest absolute Gasteiger partial charge is 0.325 e. The van der Waals surface area contributed by atoms with Gasteiger partial charge in [-0.1, -0.05) is 27.7 Å². The number of amides is 1. The predicted octanol–water partition coefficient (Wildman–Crippen LogP) is 3.28. The summed E-state index contributed by atoms with van der Waals surface area (Å²) in [6.07, 6.45) is 1.50. The molecule has 1 heterocycles. The number of aromatic nitrogens is 2. The first kappa shape index (κ1) is 14.0. The Balaban J connectivity index is 1.86. The highest BCUT2D eigenvalue weighted by molar-refractivity contribution is 9.10. The molecule has 0 aliphatic heterocycles. The van der Waals surface area contributed by atoms with Crippen LogP contribution >= 0.6 is 27.7 Å². The first-order chi connectivity index (χ1) is 9.13. The van der Waals surface area contributed by atoms with Crippen LogP contribution in [0.15, 0.2) is 46.2 Å². The van der Waals surface area contributed by atoms with E-state index in [1.165, 1.54) is 18.1 Å². The Morgan fingerprint density at radius 2 is 2.05 bits per heavy atom. The number of carbonyl (C=O) groups excluding carboxylic acids is 1. The van der Waals surface area contributed by atoms with Gasteiger partial charge in [-0.3, -0.25) is 4.79 Å². The van der Waals surface area contributed by atoms with Gasteiger partial charge >= 0.3 is 0 Å². The van der Waals surface area contributed by atoms with Gasteiger partial charge in [-0.15, -0.1) is 0 Å². The number of thioether (sulfide) groups is 1. The van der Waals surface area contributed by atoms with Crippen LogP contribution in [0.2, 0.25) is 0 Å². The maximum Gasteiger partial charge on any atom is 0.234 e. The van der Waals surface area contributed by atoms with Crippen molar-refractivity contribution in [1.82, 2.24) is 9.97 Å². The molecular formula is C13H12BrN3OS. The standard InChI is InChI=1S/C13H12BrN3OS/c1-9-6-13(16-8-15-9)19-7-12(18)17-11-4-2-10(14)3-5-11/h2-6,8H,7H2,1H3,(H,17,18). The van der Waals surface area contributed by atoms with Gasteiger partial charge in [-0.05, 0) is 37.3 Å². The molecule has 0 spiro atoms. The molecule has 1 aromatic heterocycles. The Kier molecular flexibility index (Phi) is 4.93. The minimum absolute atomic E-state index is 0.0522. The Morgan fingerprint density at radius 1 is 1.32 bits per heavy atom. The Morgan fingerprint density at radius 3 is 2.74 bits per heavy atom. The number of halogens is 1. The maximum absolute atomic E-state index is 11.8. The van der Waals surface area contributed by atoms with Crippen molar-refractivity contribution >= 4 is 39.3 Å². The van der Waals surface area contributed by atoms with E-state index < -0.39 is 0 Å². The van der Waals surface area contributed by atoms with E-state index in [2.05, 4.69) is 31.2 Å². The van der Waals surface area contributed by atoms with Gasteiger partial charge in [0.15, 0.2) is 0 Å². The summed E-state index contributed by atoms with van der Waals surface area (Å²) in [5.74, 6) is 0.274. The zero-order valence-corrected chi connectivity index (χ0v) is 12.7. The fraction of sp³-hybridized carbons (Fsp3) is 0.154. The molecule has 98 valence electrons. The second-order valence-electron chi connectivity index (χ2n) is 3.84. The maximum atomic E-state index is 11.8. The Hall–Kier alpha value is -1.40. The molecule has 0 radical (unpaired) electrons. The van der Waals surface area contributed by atoms with Gasteiger partial charge in [0, 0.05) is 15.9 Å². The molecule has 0 saturated carbocycles. The van der Waals surface area contributed by atoms with E-state index in [0.29, 0.717) is 5.75 Å². The SMILES string of the molecule is Cc1cc(SCC(=O)Nc2ccc(Br)cc2)ncn1. The van der Waals surface area contributed by atoms with Crippen molar-refractivity contribution in [3.8, 4) is 0 Å². The number of rotatable bonds is 4. The molecule has 19 heavy (non-hydrogen) atoms. The zero-order chi connectivity index (χ0) is 13.7. The van der Waals surface area contributed by atoms with Crippen LogP contribution in [0.1, 0.15) is 5.69 Å². The summed E-state index contributed by atoms with van der Waals surface area (Å²) >= 11 is 4.74. The van der Waals surface area contributed by atoms with Crippen LogP contribution in [-0.4, -0.2) is 21.6 Å². The molecule has 2 rings (SSSR count). The van der Waals surface area contributed by atoms with Gasteiger partial charge in [0.2, 0.25) is 5.91 Å². The molecule has 2 aromatic rings. The second kappa shape index (κ2) is 6.68. The van der Waals surface area contributed by atoms with E-state index in [1.807, 2.05) is 37.3 Å². The third-order valence-corrected chi connectivity index (χ3v) is 3.71. The van der Waals surface area contributed by atoms with Gasteiger partial charge in [0.05, 0.1) is 5.75 Å². The van der Waals surface area contributed by atoms with Crippen LogP contribution in [0, 0.1) is 6.92 Å². The van der Waals surface area contributed by atoms with E-state index in [1.54, 1.807) is 0 Å². The average Bonchev–Trinajstić information content (AvgIpc) is 2.39. The number of nitrogens with zero attached hydrogens (tertiary/aromatic N) is 2. The highest BCUT2D eigenvalue weighted by Gasteiger charge is 2.04. The summed E-state index contributed by atoms with van der Waals surface area (Å²) in [6, 6.07) is 9.33. The lowest BCUT2D eigenvalue weighted by Gasteiger charge is -2.05. The van der Waals surface area contributed by atoms with E-state index in [0.717, 1.165) is 20.9 Å². The van der Waals surface area contributed by atoms with Crippen LogP contribution in [0.4, 0.5) is 5.69 Å². The Bertz CT molecular complexity index is 574. The molecule has 1 amide bonds. The molecule has 4 nitrogen and oxygen atoms in total. The van der Waals surface area contributed by atoms with Gasteiger partial charge in [0.1, 0.15) is 11.4 Å². The number of carbonyl (C=O) groups is 1. The lowest BCUT2D eigenvalue weighted by molar-refractivity contribution is -0.113. The number of benzene rings is 1. The molecule has 0 bridgehead atoms. The summed E-state index contributed by atoms with van der Waals surface area (Å²) in [5.41, 5.74) is 1.68. The molecule has 0 atom stereocenters. The number of aryl methyl sites for hydroxylation is 1. The van der Waals surface area contributed by atoms with Gasteiger partial charge in [-0.25, -0.2) is 9.97 Å². The monoisotopic (exact) mass is 337 g/mol. The molecule has 1 aromatic carbocycles. The number of hydrogen-bond acceptors (Lipinski definition) is 4. The molecule has 6 heteroatoms. The van der Waals surface area contributed by atoms with Gasteiger partial charge in [0.25, 0.3) is 0 Å². The van der Waals surface area contributed by atoms with E-state index in [9.17, 15) is 4.79 Å². The molecule has 1 N–H and O–H groups in total. The quantitative estimate of drug-likeness (QED) is 0.687. The summed E-state index contributed by atoms with van der Waals surface area (Å²) in [7, 11) is 0. The van der Waals surface area contributed by atoms with Crippen LogP contribution < -0.4 is 5.32 Å². The van der Waals surface area contributed by atoms with Gasteiger partial charge < -0.3 is 5.32 Å². The lowest BCUT2D eigenvalue weighted by Crippen LogP contribution is -2.14. The number of hydrogen-bond donors (Lipinski definition) is 1. The minimum Gasteiger partial charge on any atom is -0.325 e. The molecule has 0 aliphatic rings. The van der Waals surface area contributed by atoms with Crippen molar-refractivity contribution in [3.05, 3.63) is 46.8 Å². The van der Waals surface area contributed by atoms with E-state index in [-0.39, 0.29) is 5.91 Å². The van der Waals surface area contributed by atoms with Crippen molar-refractivity contribution in [1.29, 1.82) is 0 Å². The van der Waals surface area contributed by atoms with Crippen molar-refractivity contribution < 1.29 is 4.79 Å². The second-order valence-corrected chi connectivity index (χ2v) is 5.75. The third kappa shape index (κ3) is 4.65. The molecular weight excluding hydrogens is 326 g/mol. The van der Waals surface area contributed by atoms with Gasteiger partial charge in [-0.2, -0.15) is 0 Å².